The molecule has 63 heavy (non-hydrogen) atoms. The van der Waals surface area contributed by atoms with Crippen molar-refractivity contribution >= 4 is 66.5 Å². The molecule has 2 saturated carbocycles. The first kappa shape index (κ1) is 45.0. The van der Waals surface area contributed by atoms with Gasteiger partial charge in [-0.15, -0.1) is 22.7 Å². The summed E-state index contributed by atoms with van der Waals surface area (Å²) < 4.78 is 40.6. The van der Waals surface area contributed by atoms with E-state index < -0.39 is 56.2 Å². The van der Waals surface area contributed by atoms with E-state index in [0.717, 1.165) is 53.0 Å². The van der Waals surface area contributed by atoms with Crippen LogP contribution in [0.4, 0.5) is 5.13 Å². The maximum absolute atomic E-state index is 15.1. The molecule has 4 aromatic rings. The van der Waals surface area contributed by atoms with Gasteiger partial charge in [0.25, 0.3) is 5.91 Å². The molecule has 5 heterocycles. The van der Waals surface area contributed by atoms with E-state index in [1.807, 2.05) is 48.0 Å². The third-order valence-corrected chi connectivity index (χ3v) is 16.9. The van der Waals surface area contributed by atoms with Gasteiger partial charge in [0.1, 0.15) is 45.9 Å². The molecule has 0 unspecified atom stereocenters. The number of aryl methyl sites for hydroxylation is 1. The minimum absolute atomic E-state index is 0.0819. The molecule has 1 aromatic carbocycles. The Hall–Kier alpha value is -4.61. The number of hydrogen-bond donors (Lipinski definition) is 3. The average molecular weight is 918 g/mol. The van der Waals surface area contributed by atoms with E-state index >= 15 is 4.79 Å². The smallest absolute Gasteiger partial charge is 0.259 e. The molecular formula is C46H59N7O7S3. The second-order valence-corrected chi connectivity index (χ2v) is 23.1. The molecule has 17 heteroatoms. The number of anilines is 1. The average Bonchev–Trinajstić information content (AvgIpc) is 3.83. The number of sulfonamides is 1. The monoisotopic (exact) mass is 917 g/mol. The lowest BCUT2D eigenvalue weighted by molar-refractivity contribution is -0.140. The van der Waals surface area contributed by atoms with Gasteiger partial charge in [-0.2, -0.15) is 0 Å². The molecule has 8 rings (SSSR count). The number of amides is 3. The van der Waals surface area contributed by atoms with Crippen LogP contribution >= 0.6 is 22.7 Å². The third kappa shape index (κ3) is 9.06. The number of rotatable bonds is 10. The number of thiazole rings is 2. The molecule has 3 fully saturated rings. The number of ether oxygens (including phenoxy) is 2. The molecule has 3 amide bonds. The van der Waals surface area contributed by atoms with Crippen molar-refractivity contribution in [2.75, 3.05) is 19.0 Å². The van der Waals surface area contributed by atoms with Gasteiger partial charge in [-0.25, -0.2) is 23.4 Å². The van der Waals surface area contributed by atoms with Gasteiger partial charge in [0.15, 0.2) is 5.13 Å². The molecule has 4 aliphatic rings. The summed E-state index contributed by atoms with van der Waals surface area (Å²) in [5, 5.41) is 12.6. The molecule has 3 aromatic heterocycles. The number of carbonyl (C=O) groups excluding carboxylic acids is 3. The molecular weight excluding hydrogens is 859 g/mol. The Morgan fingerprint density at radius 1 is 1.05 bits per heavy atom. The first-order valence-electron chi connectivity index (χ1n) is 22.0. The Bertz CT molecular complexity index is 2560. The highest BCUT2D eigenvalue weighted by Gasteiger charge is 2.63. The zero-order valence-corrected chi connectivity index (χ0v) is 39.8. The van der Waals surface area contributed by atoms with E-state index in [0.29, 0.717) is 47.1 Å². The first-order valence-corrected chi connectivity index (χ1v) is 25.3. The predicted molar refractivity (Wildman–Crippen MR) is 247 cm³/mol. The molecule has 0 radical (unpaired) electrons. The fraction of sp³-hybridized carbons (Fsp3) is 0.565. The number of nitrogens with one attached hydrogen (secondary N) is 3. The Morgan fingerprint density at radius 3 is 2.51 bits per heavy atom. The second-order valence-electron chi connectivity index (χ2n) is 19.2. The molecule has 0 bridgehead atoms. The van der Waals surface area contributed by atoms with Crippen molar-refractivity contribution in [2.45, 2.75) is 146 Å². The van der Waals surface area contributed by atoms with Crippen LogP contribution < -0.4 is 24.8 Å². The van der Waals surface area contributed by atoms with Gasteiger partial charge in [0.05, 0.1) is 35.3 Å². The van der Waals surface area contributed by atoms with Crippen LogP contribution in [0.25, 0.3) is 21.6 Å². The standard InChI is InChI=1S/C46H59N7O7S3/c1-26(2)33-24-61-40(48-33)32-21-36(30-16-17-35(59-8)27(3)38(30)47-32)60-29-20-34-39(54)51-46(42(56)52-63(57,58)45(7)18-19-45)22-28(46)14-12-10-9-11-13-15-31(41(55)53(34)23-29)49-43-50-37(25-62-43)44(4,5)6/h12,14,16-17,21,24-26,28-29,31,34H,9-11,13,15,18-20,22-23H2,1-8H3,(H,49,50)(H,51,54)(H,52,56)/b14-12-/t28-,29-,31+,34+,46-/m1/s1. The minimum Gasteiger partial charge on any atom is -0.496 e. The quantitative estimate of drug-likeness (QED) is 0.132. The number of benzene rings is 1. The summed E-state index contributed by atoms with van der Waals surface area (Å²) in [6.45, 7) is 14.1. The fourth-order valence-electron chi connectivity index (χ4n) is 8.44. The van der Waals surface area contributed by atoms with E-state index in [1.165, 1.54) is 22.7 Å². The lowest BCUT2D eigenvalue weighted by Crippen LogP contribution is -2.58. The largest absolute Gasteiger partial charge is 0.496 e. The highest BCUT2D eigenvalue weighted by atomic mass is 32.2. The second kappa shape index (κ2) is 17.1. The van der Waals surface area contributed by atoms with Crippen LogP contribution in [0.1, 0.15) is 122 Å². The summed E-state index contributed by atoms with van der Waals surface area (Å²) >= 11 is 2.95. The number of fused-ring (bicyclic) bond motifs is 3. The van der Waals surface area contributed by atoms with Crippen molar-refractivity contribution in [3.05, 3.63) is 58.1 Å². The van der Waals surface area contributed by atoms with Gasteiger partial charge < -0.3 is 25.0 Å². The van der Waals surface area contributed by atoms with Crippen molar-refractivity contribution in [2.24, 2.45) is 5.92 Å². The van der Waals surface area contributed by atoms with Crippen LogP contribution in [0, 0.1) is 12.8 Å². The third-order valence-electron chi connectivity index (χ3n) is 13.0. The van der Waals surface area contributed by atoms with E-state index in [-0.39, 0.29) is 36.6 Å². The number of aromatic nitrogens is 3. The van der Waals surface area contributed by atoms with E-state index in [2.05, 4.69) is 50.0 Å². The number of pyridine rings is 1. The highest BCUT2D eigenvalue weighted by molar-refractivity contribution is 7.91. The fourth-order valence-corrected chi connectivity index (χ4v) is 11.7. The zero-order valence-electron chi connectivity index (χ0n) is 37.4. The number of allylic oxidation sites excluding steroid dienone is 1. The van der Waals surface area contributed by atoms with Crippen molar-refractivity contribution in [1.82, 2.24) is 29.9 Å². The molecule has 338 valence electrons. The summed E-state index contributed by atoms with van der Waals surface area (Å²) in [6, 6.07) is 3.91. The summed E-state index contributed by atoms with van der Waals surface area (Å²) in [4.78, 5) is 60.3. The molecule has 5 atom stereocenters. The number of hydrogen-bond acceptors (Lipinski definition) is 13. The Labute approximate surface area is 378 Å². The highest BCUT2D eigenvalue weighted by Crippen LogP contribution is 2.48. The number of methoxy groups -OCH3 is 1. The van der Waals surface area contributed by atoms with E-state index in [9.17, 15) is 18.0 Å². The van der Waals surface area contributed by atoms with Crippen molar-refractivity contribution in [3.63, 3.8) is 0 Å². The van der Waals surface area contributed by atoms with Crippen LogP contribution in [-0.4, -0.2) is 88.1 Å². The molecule has 14 nitrogen and oxygen atoms in total. The van der Waals surface area contributed by atoms with Gasteiger partial charge in [-0.1, -0.05) is 59.6 Å². The number of carbonyl (C=O) groups is 3. The topological polar surface area (TPSA) is 182 Å². The van der Waals surface area contributed by atoms with Crippen LogP contribution in [0.3, 0.4) is 0 Å². The summed E-state index contributed by atoms with van der Waals surface area (Å²) in [5.74, 6) is -0.557. The molecule has 2 aliphatic carbocycles. The first-order chi connectivity index (χ1) is 29.8. The van der Waals surface area contributed by atoms with Gasteiger partial charge in [0.2, 0.25) is 21.8 Å². The van der Waals surface area contributed by atoms with Gasteiger partial charge in [0, 0.05) is 45.5 Å². The zero-order chi connectivity index (χ0) is 45.1. The molecule has 0 spiro atoms. The lowest BCUT2D eigenvalue weighted by Gasteiger charge is -2.30. The maximum Gasteiger partial charge on any atom is 0.259 e. The summed E-state index contributed by atoms with van der Waals surface area (Å²) in [7, 11) is -2.37. The predicted octanol–water partition coefficient (Wildman–Crippen LogP) is 7.78. The molecule has 2 aliphatic heterocycles. The summed E-state index contributed by atoms with van der Waals surface area (Å²) in [5.41, 5.74) is 2.34. The van der Waals surface area contributed by atoms with Crippen molar-refractivity contribution in [1.29, 1.82) is 0 Å². The molecule has 3 N–H and O–H groups in total. The van der Waals surface area contributed by atoms with Crippen molar-refractivity contribution < 1.29 is 32.3 Å². The van der Waals surface area contributed by atoms with Gasteiger partial charge >= 0.3 is 0 Å². The van der Waals surface area contributed by atoms with Crippen LogP contribution in [-0.2, 0) is 29.8 Å². The normalized spacial score (nSPS) is 25.6. The van der Waals surface area contributed by atoms with E-state index in [1.54, 1.807) is 18.9 Å². The lowest BCUT2D eigenvalue weighted by atomic mass is 9.93. The minimum atomic E-state index is -3.99. The SMILES string of the molecule is COc1ccc2c(O[C@@H]3C[C@H]4C(=O)N[C@]5(C(=O)NS(=O)(=O)C6(C)CC6)C[C@H]5/C=C\CCCCC[C@H](Nc5nc(C(C)(C)C)cs5)C(=O)N4C3)cc(-c3nc(C(C)C)cs3)nc2c1C. The number of nitrogens with zero attached hydrogens (tertiary/aromatic N) is 4. The van der Waals surface area contributed by atoms with Gasteiger partial charge in [-0.3, -0.25) is 19.1 Å². The molecule has 1 saturated heterocycles. The maximum atomic E-state index is 15.1. The van der Waals surface area contributed by atoms with Crippen LogP contribution in [0.5, 0.6) is 11.5 Å². The van der Waals surface area contributed by atoms with Crippen molar-refractivity contribution in [3.8, 4) is 22.2 Å². The van der Waals surface area contributed by atoms with Gasteiger partial charge in [-0.05, 0) is 70.4 Å². The van der Waals surface area contributed by atoms with Crippen LogP contribution in [0.15, 0.2) is 41.1 Å². The van der Waals surface area contributed by atoms with E-state index in [4.69, 9.17) is 24.4 Å². The Morgan fingerprint density at radius 2 is 1.83 bits per heavy atom. The Kier molecular flexibility index (Phi) is 12.2. The van der Waals surface area contributed by atoms with Crippen LogP contribution in [0.2, 0.25) is 0 Å². The summed E-state index contributed by atoms with van der Waals surface area (Å²) in [6.07, 6.45) is 8.30. The Balaban J connectivity index is 1.15.